The van der Waals surface area contributed by atoms with Crippen LogP contribution in [0.2, 0.25) is 0 Å². The number of unbranched alkanes of at least 4 members (excludes halogenated alkanes) is 9. The smallest absolute Gasteiger partial charge is 0.318 e. The lowest BCUT2D eigenvalue weighted by atomic mass is 10.1. The van der Waals surface area contributed by atoms with Gasteiger partial charge in [-0.05, 0) is 12.8 Å². The summed E-state index contributed by atoms with van der Waals surface area (Å²) in [5.74, 6) is -0.0426. The number of carbonyl (C=O) groups excluding carboxylic acids is 1. The van der Waals surface area contributed by atoms with E-state index in [-0.39, 0.29) is 9.89 Å². The van der Waals surface area contributed by atoms with Crippen molar-refractivity contribution in [2.24, 2.45) is 0 Å². The van der Waals surface area contributed by atoms with Crippen molar-refractivity contribution >= 4 is 28.6 Å². The van der Waals surface area contributed by atoms with Gasteiger partial charge in [-0.1, -0.05) is 94.2 Å². The first kappa shape index (κ1) is 19.2. The molecule has 1 unspecified atom stereocenters. The van der Waals surface area contributed by atoms with Gasteiger partial charge in [0, 0.05) is 0 Å². The third kappa shape index (κ3) is 13.0. The lowest BCUT2D eigenvalue weighted by Crippen LogP contribution is -2.16. The first-order valence-corrected chi connectivity index (χ1v) is 9.27. The van der Waals surface area contributed by atoms with Gasteiger partial charge in [0.1, 0.15) is 3.92 Å². The number of alkyl halides is 1. The summed E-state index contributed by atoms with van der Waals surface area (Å²) in [6.45, 7) is 4.88. The van der Waals surface area contributed by atoms with E-state index in [1.807, 2.05) is 6.92 Å². The van der Waals surface area contributed by atoms with E-state index in [2.05, 4.69) is 29.5 Å². The van der Waals surface area contributed by atoms with E-state index >= 15 is 0 Å². The molecule has 0 fully saturated rings. The van der Waals surface area contributed by atoms with Crippen molar-refractivity contribution in [2.75, 3.05) is 6.61 Å². The SMILES string of the molecule is CCCCCCCCCCCCOC(=O)C(I)CC. The van der Waals surface area contributed by atoms with Crippen LogP contribution in [0, 0.1) is 0 Å². The molecule has 0 rings (SSSR count). The number of hydrogen-bond acceptors (Lipinski definition) is 2. The summed E-state index contributed by atoms with van der Waals surface area (Å²) in [5, 5.41) is 0. The molecule has 0 aliphatic carbocycles. The second-order valence-corrected chi connectivity index (χ2v) is 6.73. The van der Waals surface area contributed by atoms with Crippen molar-refractivity contribution in [3.8, 4) is 0 Å². The van der Waals surface area contributed by atoms with Crippen LogP contribution in [0.4, 0.5) is 0 Å². The zero-order valence-corrected chi connectivity index (χ0v) is 14.9. The van der Waals surface area contributed by atoms with Gasteiger partial charge in [0.15, 0.2) is 0 Å². The number of ether oxygens (including phenoxy) is 1. The van der Waals surface area contributed by atoms with Gasteiger partial charge >= 0.3 is 5.97 Å². The van der Waals surface area contributed by atoms with Gasteiger partial charge < -0.3 is 4.74 Å². The van der Waals surface area contributed by atoms with Crippen LogP contribution in [0.1, 0.15) is 84.5 Å². The predicted molar refractivity (Wildman–Crippen MR) is 90.9 cm³/mol. The first-order chi connectivity index (χ1) is 9.22. The molecule has 19 heavy (non-hydrogen) atoms. The van der Waals surface area contributed by atoms with Crippen LogP contribution < -0.4 is 0 Å². The Balaban J connectivity index is 3.13. The molecule has 0 amide bonds. The summed E-state index contributed by atoms with van der Waals surface area (Å²) in [5.41, 5.74) is 0. The fraction of sp³-hybridized carbons (Fsp3) is 0.938. The van der Waals surface area contributed by atoms with Gasteiger partial charge in [-0.25, -0.2) is 0 Å². The molecule has 0 aromatic rings. The van der Waals surface area contributed by atoms with E-state index < -0.39 is 0 Å². The third-order valence-corrected chi connectivity index (χ3v) is 4.75. The quantitative estimate of drug-likeness (QED) is 0.178. The molecular weight excluding hydrogens is 351 g/mol. The van der Waals surface area contributed by atoms with Crippen LogP contribution in [0.3, 0.4) is 0 Å². The molecule has 0 aromatic heterocycles. The summed E-state index contributed by atoms with van der Waals surface area (Å²) in [6.07, 6.45) is 14.0. The summed E-state index contributed by atoms with van der Waals surface area (Å²) in [6, 6.07) is 0. The Kier molecular flexibility index (Phi) is 14.8. The molecule has 0 spiro atoms. The van der Waals surface area contributed by atoms with Crippen LogP contribution in [-0.2, 0) is 9.53 Å². The number of halogens is 1. The van der Waals surface area contributed by atoms with Crippen LogP contribution in [0.5, 0.6) is 0 Å². The highest BCUT2D eigenvalue weighted by molar-refractivity contribution is 14.1. The van der Waals surface area contributed by atoms with E-state index in [0.29, 0.717) is 6.61 Å². The molecule has 0 bridgehead atoms. The number of hydrogen-bond donors (Lipinski definition) is 0. The van der Waals surface area contributed by atoms with E-state index in [1.54, 1.807) is 0 Å². The lowest BCUT2D eigenvalue weighted by Gasteiger charge is -2.07. The summed E-state index contributed by atoms with van der Waals surface area (Å²) < 4.78 is 5.25. The Labute approximate surface area is 133 Å². The summed E-state index contributed by atoms with van der Waals surface area (Å²) >= 11 is 2.15. The van der Waals surface area contributed by atoms with Crippen LogP contribution in [0.25, 0.3) is 0 Å². The molecule has 0 saturated carbocycles. The van der Waals surface area contributed by atoms with E-state index in [0.717, 1.165) is 12.8 Å². The third-order valence-electron chi connectivity index (χ3n) is 3.36. The van der Waals surface area contributed by atoms with Gasteiger partial charge in [-0.3, -0.25) is 4.79 Å². The van der Waals surface area contributed by atoms with Crippen molar-refractivity contribution in [1.82, 2.24) is 0 Å². The Bertz CT molecular complexity index is 207. The van der Waals surface area contributed by atoms with Gasteiger partial charge in [0.2, 0.25) is 0 Å². The molecule has 0 aromatic carbocycles. The van der Waals surface area contributed by atoms with Crippen molar-refractivity contribution < 1.29 is 9.53 Å². The molecule has 2 nitrogen and oxygen atoms in total. The summed E-state index contributed by atoms with van der Waals surface area (Å²) in [7, 11) is 0. The summed E-state index contributed by atoms with van der Waals surface area (Å²) in [4.78, 5) is 11.4. The van der Waals surface area contributed by atoms with E-state index in [1.165, 1.54) is 57.8 Å². The van der Waals surface area contributed by atoms with Crippen molar-refractivity contribution in [3.63, 3.8) is 0 Å². The van der Waals surface area contributed by atoms with Gasteiger partial charge in [-0.2, -0.15) is 0 Å². The maximum absolute atomic E-state index is 11.4. The molecule has 0 saturated heterocycles. The highest BCUT2D eigenvalue weighted by atomic mass is 127. The van der Waals surface area contributed by atoms with E-state index in [4.69, 9.17) is 4.74 Å². The Morgan fingerprint density at radius 3 is 1.84 bits per heavy atom. The molecule has 0 heterocycles. The van der Waals surface area contributed by atoms with Crippen molar-refractivity contribution in [2.45, 2.75) is 88.4 Å². The Morgan fingerprint density at radius 1 is 0.895 bits per heavy atom. The minimum absolute atomic E-state index is 0.0284. The number of rotatable bonds is 13. The largest absolute Gasteiger partial charge is 0.465 e. The molecular formula is C16H31IO2. The number of carbonyl (C=O) groups is 1. The average Bonchev–Trinajstić information content (AvgIpc) is 2.43. The fourth-order valence-electron chi connectivity index (χ4n) is 2.02. The van der Waals surface area contributed by atoms with E-state index in [9.17, 15) is 4.79 Å². The second-order valence-electron chi connectivity index (χ2n) is 5.23. The standard InChI is InChI=1S/C16H31IO2/c1-3-5-6-7-8-9-10-11-12-13-14-19-16(18)15(17)4-2/h15H,3-14H2,1-2H3. The van der Waals surface area contributed by atoms with Gasteiger partial charge in [-0.15, -0.1) is 0 Å². The van der Waals surface area contributed by atoms with Gasteiger partial charge in [0.05, 0.1) is 6.61 Å². The average molecular weight is 382 g/mol. The predicted octanol–water partition coefficient (Wildman–Crippen LogP) is 5.66. The fourth-order valence-corrected chi connectivity index (χ4v) is 2.20. The Morgan fingerprint density at radius 2 is 1.37 bits per heavy atom. The van der Waals surface area contributed by atoms with Crippen LogP contribution in [-0.4, -0.2) is 16.5 Å². The zero-order valence-electron chi connectivity index (χ0n) is 12.8. The van der Waals surface area contributed by atoms with Crippen molar-refractivity contribution in [1.29, 1.82) is 0 Å². The first-order valence-electron chi connectivity index (χ1n) is 8.03. The van der Waals surface area contributed by atoms with Crippen LogP contribution >= 0.6 is 22.6 Å². The zero-order chi connectivity index (χ0) is 14.3. The monoisotopic (exact) mass is 382 g/mol. The molecule has 0 N–H and O–H groups in total. The lowest BCUT2D eigenvalue weighted by molar-refractivity contribution is -0.142. The molecule has 0 aliphatic rings. The second kappa shape index (κ2) is 14.6. The highest BCUT2D eigenvalue weighted by Crippen LogP contribution is 2.11. The molecule has 0 radical (unpaired) electrons. The van der Waals surface area contributed by atoms with Gasteiger partial charge in [0.25, 0.3) is 0 Å². The normalized spacial score (nSPS) is 12.4. The maximum atomic E-state index is 11.4. The number of esters is 1. The molecule has 114 valence electrons. The topological polar surface area (TPSA) is 26.3 Å². The maximum Gasteiger partial charge on any atom is 0.318 e. The minimum Gasteiger partial charge on any atom is -0.465 e. The minimum atomic E-state index is -0.0426. The van der Waals surface area contributed by atoms with Crippen molar-refractivity contribution in [3.05, 3.63) is 0 Å². The Hall–Kier alpha value is 0.200. The van der Waals surface area contributed by atoms with Crippen LogP contribution in [0.15, 0.2) is 0 Å². The molecule has 3 heteroatoms. The molecule has 0 aliphatic heterocycles. The highest BCUT2D eigenvalue weighted by Gasteiger charge is 2.12. The molecule has 1 atom stereocenters.